The molecule has 1 aromatic carbocycles. The quantitative estimate of drug-likeness (QED) is 0.750. The van der Waals surface area contributed by atoms with Crippen molar-refractivity contribution in [1.82, 2.24) is 10.1 Å². The molecule has 118 valence electrons. The molecule has 0 aliphatic rings. The minimum Gasteiger partial charge on any atom is -0.361 e. The summed E-state index contributed by atoms with van der Waals surface area (Å²) in [6.07, 6.45) is 0. The van der Waals surface area contributed by atoms with E-state index >= 15 is 0 Å². The lowest BCUT2D eigenvalue weighted by Crippen LogP contribution is -2.13. The first-order chi connectivity index (χ1) is 11.0. The Morgan fingerprint density at radius 1 is 1.22 bits per heavy atom. The minimum absolute atomic E-state index is 0.266. The van der Waals surface area contributed by atoms with E-state index in [1.165, 1.54) is 11.3 Å². The van der Waals surface area contributed by atoms with Crippen molar-refractivity contribution in [1.29, 1.82) is 0 Å². The molecule has 7 heteroatoms. The summed E-state index contributed by atoms with van der Waals surface area (Å²) in [4.78, 5) is 17.9. The molecule has 0 unspecified atom stereocenters. The average molecular weight is 348 g/mol. The van der Waals surface area contributed by atoms with Gasteiger partial charge >= 0.3 is 0 Å². The summed E-state index contributed by atoms with van der Waals surface area (Å²) >= 11 is 7.33. The molecule has 0 aliphatic heterocycles. The normalized spacial score (nSPS) is 10.8. The second kappa shape index (κ2) is 6.14. The number of aryl methyl sites for hydroxylation is 3. The molecule has 0 aliphatic carbocycles. The summed E-state index contributed by atoms with van der Waals surface area (Å²) in [7, 11) is 0. The van der Waals surface area contributed by atoms with Crippen LogP contribution in [0.5, 0.6) is 0 Å². The van der Waals surface area contributed by atoms with Crippen LogP contribution in [0.25, 0.3) is 11.3 Å². The smallest absolute Gasteiger partial charge is 0.262 e. The van der Waals surface area contributed by atoms with Gasteiger partial charge in [-0.05, 0) is 32.9 Å². The molecule has 0 atom stereocenters. The molecule has 1 N–H and O–H groups in total. The van der Waals surface area contributed by atoms with Gasteiger partial charge in [-0.15, -0.1) is 11.3 Å². The third kappa shape index (κ3) is 3.13. The Hall–Kier alpha value is -2.18. The van der Waals surface area contributed by atoms with Crippen LogP contribution in [0.1, 0.15) is 26.7 Å². The zero-order chi connectivity index (χ0) is 16.6. The Balaban J connectivity index is 1.87. The summed E-state index contributed by atoms with van der Waals surface area (Å²) in [5.41, 5.74) is 2.80. The lowest BCUT2D eigenvalue weighted by atomic mass is 10.1. The Morgan fingerprint density at radius 2 is 1.91 bits per heavy atom. The van der Waals surface area contributed by atoms with E-state index in [0.29, 0.717) is 27.2 Å². The van der Waals surface area contributed by atoms with Gasteiger partial charge < -0.3 is 4.52 Å². The summed E-state index contributed by atoms with van der Waals surface area (Å²) in [5, 5.41) is 7.82. The molecular weight excluding hydrogens is 334 g/mol. The molecule has 23 heavy (non-hydrogen) atoms. The van der Waals surface area contributed by atoms with Gasteiger partial charge in [0.25, 0.3) is 5.91 Å². The fourth-order valence-corrected chi connectivity index (χ4v) is 3.25. The van der Waals surface area contributed by atoms with Crippen molar-refractivity contribution in [3.8, 4) is 11.3 Å². The maximum absolute atomic E-state index is 12.4. The molecule has 0 saturated heterocycles. The average Bonchev–Trinajstić information content (AvgIpc) is 3.02. The second-order valence-electron chi connectivity index (χ2n) is 5.08. The number of anilines is 1. The molecule has 1 amide bonds. The Bertz CT molecular complexity index is 849. The Labute approximate surface area is 142 Å². The van der Waals surface area contributed by atoms with Crippen molar-refractivity contribution in [2.45, 2.75) is 20.8 Å². The number of nitrogens with one attached hydrogen (secondary N) is 1. The number of hydrogen-bond acceptors (Lipinski definition) is 5. The van der Waals surface area contributed by atoms with Crippen LogP contribution in [-0.2, 0) is 0 Å². The van der Waals surface area contributed by atoms with Gasteiger partial charge in [-0.25, -0.2) is 4.98 Å². The van der Waals surface area contributed by atoms with E-state index in [2.05, 4.69) is 15.5 Å². The molecular formula is C16H14ClN3O2S. The molecule has 0 spiro atoms. The number of hydrogen-bond donors (Lipinski definition) is 1. The standard InChI is InChI=1S/C16H14ClN3O2S/c1-8-13(9(2)22-20-8)15(21)19-16-18-14(10(3)23-16)11-4-6-12(17)7-5-11/h4-7H,1-3H3,(H,18,19,21). The van der Waals surface area contributed by atoms with Crippen LogP contribution in [0, 0.1) is 20.8 Å². The number of aromatic nitrogens is 2. The first-order valence-corrected chi connectivity index (χ1v) is 8.12. The second-order valence-corrected chi connectivity index (χ2v) is 6.72. The number of amides is 1. The predicted molar refractivity (Wildman–Crippen MR) is 91.2 cm³/mol. The molecule has 0 bridgehead atoms. The fraction of sp³-hybridized carbons (Fsp3) is 0.188. The van der Waals surface area contributed by atoms with Gasteiger partial charge in [0.15, 0.2) is 5.13 Å². The lowest BCUT2D eigenvalue weighted by Gasteiger charge is -2.00. The SMILES string of the molecule is Cc1noc(C)c1C(=O)Nc1nc(-c2ccc(Cl)cc2)c(C)s1. The highest BCUT2D eigenvalue weighted by Crippen LogP contribution is 2.31. The summed E-state index contributed by atoms with van der Waals surface area (Å²) in [6.45, 7) is 5.41. The number of benzene rings is 1. The largest absolute Gasteiger partial charge is 0.361 e. The van der Waals surface area contributed by atoms with Crippen LogP contribution in [0.2, 0.25) is 5.02 Å². The van der Waals surface area contributed by atoms with Crippen molar-refractivity contribution in [3.63, 3.8) is 0 Å². The molecule has 5 nitrogen and oxygen atoms in total. The third-order valence-corrected chi connectivity index (χ3v) is 4.53. The minimum atomic E-state index is -0.266. The van der Waals surface area contributed by atoms with Gasteiger partial charge in [-0.1, -0.05) is 28.9 Å². The number of carbonyl (C=O) groups excluding carboxylic acids is 1. The van der Waals surface area contributed by atoms with Crippen molar-refractivity contribution in [3.05, 3.63) is 51.2 Å². The van der Waals surface area contributed by atoms with E-state index in [1.54, 1.807) is 13.8 Å². The molecule has 2 heterocycles. The Morgan fingerprint density at radius 3 is 2.52 bits per heavy atom. The van der Waals surface area contributed by atoms with Crippen molar-refractivity contribution >= 4 is 34.0 Å². The van der Waals surface area contributed by atoms with Crippen molar-refractivity contribution in [2.75, 3.05) is 5.32 Å². The maximum atomic E-state index is 12.4. The zero-order valence-corrected chi connectivity index (χ0v) is 14.4. The van der Waals surface area contributed by atoms with Gasteiger partial charge in [0.2, 0.25) is 0 Å². The number of rotatable bonds is 3. The first-order valence-electron chi connectivity index (χ1n) is 6.93. The summed E-state index contributed by atoms with van der Waals surface area (Å²) < 4.78 is 5.02. The maximum Gasteiger partial charge on any atom is 0.262 e. The number of halogens is 1. The number of nitrogens with zero attached hydrogens (tertiary/aromatic N) is 2. The predicted octanol–water partition coefficient (Wildman–Crippen LogP) is 4.63. The first kappa shape index (κ1) is 15.7. The molecule has 0 radical (unpaired) electrons. The molecule has 0 fully saturated rings. The topological polar surface area (TPSA) is 68.0 Å². The van der Waals surface area contributed by atoms with Crippen LogP contribution in [0.15, 0.2) is 28.8 Å². The van der Waals surface area contributed by atoms with Crippen LogP contribution in [0.3, 0.4) is 0 Å². The lowest BCUT2D eigenvalue weighted by molar-refractivity contribution is 0.102. The van der Waals surface area contributed by atoms with E-state index < -0.39 is 0 Å². The van der Waals surface area contributed by atoms with Crippen molar-refractivity contribution in [2.24, 2.45) is 0 Å². The van der Waals surface area contributed by atoms with E-state index in [1.807, 2.05) is 31.2 Å². The number of carbonyl (C=O) groups is 1. The van der Waals surface area contributed by atoms with Gasteiger partial charge in [0.1, 0.15) is 11.3 Å². The van der Waals surface area contributed by atoms with Gasteiger partial charge in [-0.3, -0.25) is 10.1 Å². The Kier molecular flexibility index (Phi) is 4.19. The van der Waals surface area contributed by atoms with E-state index in [0.717, 1.165) is 16.1 Å². The van der Waals surface area contributed by atoms with Crippen LogP contribution in [0.4, 0.5) is 5.13 Å². The highest BCUT2D eigenvalue weighted by Gasteiger charge is 2.19. The van der Waals surface area contributed by atoms with Crippen LogP contribution >= 0.6 is 22.9 Å². The molecule has 3 aromatic rings. The van der Waals surface area contributed by atoms with Crippen molar-refractivity contribution < 1.29 is 9.32 Å². The van der Waals surface area contributed by atoms with Gasteiger partial charge in [0.05, 0.1) is 11.4 Å². The van der Waals surface area contributed by atoms with E-state index in [-0.39, 0.29) is 5.91 Å². The van der Waals surface area contributed by atoms with Crippen LogP contribution in [-0.4, -0.2) is 16.0 Å². The fourth-order valence-electron chi connectivity index (χ4n) is 2.29. The molecule has 0 saturated carbocycles. The van der Waals surface area contributed by atoms with Gasteiger partial charge in [0, 0.05) is 15.5 Å². The highest BCUT2D eigenvalue weighted by molar-refractivity contribution is 7.16. The van der Waals surface area contributed by atoms with E-state index in [4.69, 9.17) is 16.1 Å². The third-order valence-electron chi connectivity index (χ3n) is 3.40. The summed E-state index contributed by atoms with van der Waals surface area (Å²) in [6, 6.07) is 7.45. The molecule has 3 rings (SSSR count). The van der Waals surface area contributed by atoms with E-state index in [9.17, 15) is 4.79 Å². The molecule has 2 aromatic heterocycles. The van der Waals surface area contributed by atoms with Crippen LogP contribution < -0.4 is 5.32 Å². The number of thiazole rings is 1. The monoisotopic (exact) mass is 347 g/mol. The summed E-state index contributed by atoms with van der Waals surface area (Å²) in [5.74, 6) is 0.226. The zero-order valence-electron chi connectivity index (χ0n) is 12.8. The van der Waals surface area contributed by atoms with Gasteiger partial charge in [-0.2, -0.15) is 0 Å². The highest BCUT2D eigenvalue weighted by atomic mass is 35.5.